The number of hydrogen-bond acceptors (Lipinski definition) is 3. The molecule has 1 N–H and O–H groups in total. The van der Waals surface area contributed by atoms with Gasteiger partial charge in [-0.25, -0.2) is 0 Å². The average Bonchev–Trinajstić information content (AvgIpc) is 2.39. The van der Waals surface area contributed by atoms with E-state index in [1.165, 1.54) is 0 Å². The van der Waals surface area contributed by atoms with Gasteiger partial charge < -0.3 is 4.90 Å². The van der Waals surface area contributed by atoms with E-state index in [4.69, 9.17) is 5.53 Å². The molecule has 6 heteroatoms. The summed E-state index contributed by atoms with van der Waals surface area (Å²) >= 11 is 0. The predicted molar refractivity (Wildman–Crippen MR) is 70.0 cm³/mol. The molecule has 96 valence electrons. The summed E-state index contributed by atoms with van der Waals surface area (Å²) in [6, 6.07) is 8.48. The van der Waals surface area contributed by atoms with Gasteiger partial charge in [0, 0.05) is 18.5 Å². The number of azide groups is 1. The highest BCUT2D eigenvalue weighted by atomic mass is 16.1. The second-order valence-electron chi connectivity index (χ2n) is 4.19. The summed E-state index contributed by atoms with van der Waals surface area (Å²) in [6.07, 6.45) is 0.583. The molecule has 1 rings (SSSR count). The van der Waals surface area contributed by atoms with E-state index < -0.39 is 6.04 Å². The second-order valence-corrected chi connectivity index (χ2v) is 4.19. The number of Topliss-reactive ketones (excluding diaryl/α,β-unsaturated/α-hetero) is 1. The minimum atomic E-state index is -0.495. The highest BCUT2D eigenvalue weighted by molar-refractivity contribution is 6.00. The van der Waals surface area contributed by atoms with Crippen molar-refractivity contribution in [3.8, 4) is 0 Å². The van der Waals surface area contributed by atoms with Crippen LogP contribution in [0, 0.1) is 0 Å². The molecule has 0 fully saturated rings. The van der Waals surface area contributed by atoms with Gasteiger partial charge in [-0.05, 0) is 19.3 Å². The van der Waals surface area contributed by atoms with Crippen LogP contribution in [-0.4, -0.2) is 37.4 Å². The lowest BCUT2D eigenvalue weighted by Gasteiger charge is -2.15. The van der Waals surface area contributed by atoms with Gasteiger partial charge in [0.25, 0.3) is 0 Å². The number of carbonyl (C=O) groups is 1. The van der Waals surface area contributed by atoms with E-state index in [0.29, 0.717) is 12.0 Å². The minimum absolute atomic E-state index is 0.0650. The summed E-state index contributed by atoms with van der Waals surface area (Å²) in [7, 11) is 3.86. The smallest absolute Gasteiger partial charge is 0.207 e. The van der Waals surface area contributed by atoms with Crippen LogP contribution in [0.15, 0.2) is 35.6 Å². The molecule has 0 amide bonds. The maximum absolute atomic E-state index is 12.2. The molecule has 0 heterocycles. The molecule has 1 atom stereocenters. The fourth-order valence-electron chi connectivity index (χ4n) is 1.54. The Hall–Kier alpha value is -2.04. The van der Waals surface area contributed by atoms with Gasteiger partial charge in [0.05, 0.1) is 0 Å². The van der Waals surface area contributed by atoms with Crippen LogP contribution in [0.1, 0.15) is 16.8 Å². The Bertz CT molecular complexity index is 425. The third-order valence-electron chi connectivity index (χ3n) is 2.50. The van der Waals surface area contributed by atoms with Crippen molar-refractivity contribution in [1.82, 2.24) is 10.3 Å². The molecule has 0 spiro atoms. The summed E-state index contributed by atoms with van der Waals surface area (Å²) < 4.78 is 0. The van der Waals surface area contributed by atoms with Crippen molar-refractivity contribution in [3.05, 3.63) is 46.3 Å². The van der Waals surface area contributed by atoms with E-state index in [1.807, 2.05) is 37.2 Å². The first kappa shape index (κ1) is 14.0. The fourth-order valence-corrected chi connectivity index (χ4v) is 1.54. The molecule has 0 aliphatic rings. The second kappa shape index (κ2) is 7.32. The van der Waals surface area contributed by atoms with Gasteiger partial charge >= 0.3 is 0 Å². The average molecular weight is 247 g/mol. The van der Waals surface area contributed by atoms with Gasteiger partial charge in [0.1, 0.15) is 0 Å². The highest BCUT2D eigenvalue weighted by Crippen LogP contribution is 2.07. The maximum Gasteiger partial charge on any atom is 0.207 e. The van der Waals surface area contributed by atoms with E-state index in [9.17, 15) is 4.79 Å². The van der Waals surface area contributed by atoms with E-state index in [2.05, 4.69) is 15.6 Å². The number of rotatable bonds is 7. The zero-order valence-corrected chi connectivity index (χ0v) is 10.6. The number of hydrogen-bond donors (Lipinski definition) is 1. The Labute approximate surface area is 106 Å². The number of nitrogens with one attached hydrogen (secondary N) is 1. The SMILES string of the molecule is CN(C)CCC(NN=[N+]=[N-])C(=O)c1ccccc1. The molecule has 0 radical (unpaired) electrons. The Morgan fingerprint density at radius 3 is 2.67 bits per heavy atom. The van der Waals surface area contributed by atoms with Crippen LogP contribution >= 0.6 is 0 Å². The van der Waals surface area contributed by atoms with Gasteiger partial charge in [-0.3, -0.25) is 10.2 Å². The Morgan fingerprint density at radius 2 is 2.11 bits per heavy atom. The molecule has 1 unspecified atom stereocenters. The van der Waals surface area contributed by atoms with Crippen molar-refractivity contribution in [3.63, 3.8) is 0 Å². The molecule has 0 aliphatic heterocycles. The van der Waals surface area contributed by atoms with E-state index >= 15 is 0 Å². The van der Waals surface area contributed by atoms with Crippen LogP contribution in [0.25, 0.3) is 10.4 Å². The van der Waals surface area contributed by atoms with Crippen LogP contribution in [0.5, 0.6) is 0 Å². The Balaban J connectivity index is 2.75. The highest BCUT2D eigenvalue weighted by Gasteiger charge is 2.21. The van der Waals surface area contributed by atoms with Crippen LogP contribution < -0.4 is 5.43 Å². The summed E-state index contributed by atoms with van der Waals surface area (Å²) in [6.45, 7) is 0.733. The Kier molecular flexibility index (Phi) is 5.70. The first-order valence-electron chi connectivity index (χ1n) is 5.68. The molecule has 18 heavy (non-hydrogen) atoms. The molecule has 0 bridgehead atoms. The van der Waals surface area contributed by atoms with E-state index in [0.717, 1.165) is 6.54 Å². The van der Waals surface area contributed by atoms with Crippen molar-refractivity contribution in [1.29, 1.82) is 0 Å². The van der Waals surface area contributed by atoms with Gasteiger partial charge in [0.2, 0.25) is 5.78 Å². The first-order valence-corrected chi connectivity index (χ1v) is 5.68. The van der Waals surface area contributed by atoms with Gasteiger partial charge in [-0.15, -0.1) is 5.53 Å². The number of carbonyl (C=O) groups excluding carboxylic acids is 1. The lowest BCUT2D eigenvalue weighted by atomic mass is 10.0. The largest absolute Gasteiger partial charge is 0.309 e. The first-order chi connectivity index (χ1) is 8.65. The molecule has 1 aromatic rings. The lowest BCUT2D eigenvalue weighted by molar-refractivity contribution is 0.0934. The standard InChI is InChI=1S/C12H17N5O/c1-17(2)9-8-11(14-16-15-13)12(18)10-6-4-3-5-7-10/h3-7,11,14H,8-9H2,1-2H3. The topological polar surface area (TPSA) is 81.1 Å². The van der Waals surface area contributed by atoms with E-state index in [-0.39, 0.29) is 5.78 Å². The molecule has 1 aromatic carbocycles. The minimum Gasteiger partial charge on any atom is -0.309 e. The van der Waals surface area contributed by atoms with E-state index in [1.54, 1.807) is 12.1 Å². The van der Waals surface area contributed by atoms with Crippen molar-refractivity contribution >= 4 is 5.78 Å². The van der Waals surface area contributed by atoms with Gasteiger partial charge in [0.15, 0.2) is 6.04 Å². The number of nitrogens with zero attached hydrogens (tertiary/aromatic N) is 4. The zero-order valence-electron chi connectivity index (χ0n) is 10.6. The molecule has 6 nitrogen and oxygen atoms in total. The third kappa shape index (κ3) is 4.45. The van der Waals surface area contributed by atoms with Crippen molar-refractivity contribution < 1.29 is 4.79 Å². The quantitative estimate of drug-likeness (QED) is 0.263. The van der Waals surface area contributed by atoms with Crippen molar-refractivity contribution in [2.24, 2.45) is 5.22 Å². The summed E-state index contributed by atoms with van der Waals surface area (Å²) in [5.41, 5.74) is 11.5. The lowest BCUT2D eigenvalue weighted by Crippen LogP contribution is -2.36. The van der Waals surface area contributed by atoms with Crippen LogP contribution in [0.2, 0.25) is 0 Å². The third-order valence-corrected chi connectivity index (χ3v) is 2.50. The molecular formula is C12H17N5O. The van der Waals surface area contributed by atoms with Crippen LogP contribution in [-0.2, 0) is 0 Å². The summed E-state index contributed by atoms with van der Waals surface area (Å²) in [5.74, 6) is -0.0650. The molecule has 0 aliphatic carbocycles. The zero-order chi connectivity index (χ0) is 13.4. The fraction of sp³-hybridized carbons (Fsp3) is 0.417. The van der Waals surface area contributed by atoms with Crippen molar-refractivity contribution in [2.75, 3.05) is 20.6 Å². The molecular weight excluding hydrogens is 230 g/mol. The molecule has 0 saturated carbocycles. The summed E-state index contributed by atoms with van der Waals surface area (Å²) in [5, 5.41) is 3.29. The Morgan fingerprint density at radius 1 is 1.44 bits per heavy atom. The van der Waals surface area contributed by atoms with Crippen molar-refractivity contribution in [2.45, 2.75) is 12.5 Å². The van der Waals surface area contributed by atoms with Crippen LogP contribution in [0.3, 0.4) is 0 Å². The van der Waals surface area contributed by atoms with Crippen LogP contribution in [0.4, 0.5) is 0 Å². The predicted octanol–water partition coefficient (Wildman–Crippen LogP) is 2.00. The normalized spacial score (nSPS) is 11.7. The van der Waals surface area contributed by atoms with Gasteiger partial charge in [-0.2, -0.15) is 4.91 Å². The summed E-state index contributed by atoms with van der Waals surface area (Å²) in [4.78, 5) is 16.8. The number of benzene rings is 1. The number of ketones is 1. The maximum atomic E-state index is 12.2. The monoisotopic (exact) mass is 247 g/mol. The molecule has 0 saturated heterocycles. The molecule has 0 aromatic heterocycles. The van der Waals surface area contributed by atoms with Gasteiger partial charge in [-0.1, -0.05) is 30.3 Å².